The maximum absolute atomic E-state index is 13.7. The van der Waals surface area contributed by atoms with Gasteiger partial charge < -0.3 is 14.9 Å². The largest absolute Gasteiger partial charge is 0.508 e. The van der Waals surface area contributed by atoms with Crippen molar-refractivity contribution in [2.24, 2.45) is 11.8 Å². The first-order chi connectivity index (χ1) is 31.8. The molecular weight excluding hydrogens is 891 g/mol. The molecule has 2 fully saturated rings. The molecule has 0 radical (unpaired) electrons. The van der Waals surface area contributed by atoms with Crippen LogP contribution in [0.4, 0.5) is 17.6 Å². The summed E-state index contributed by atoms with van der Waals surface area (Å²) in [6.45, 7) is 8.50. The molecule has 0 heterocycles. The Morgan fingerprint density at radius 3 is 1.30 bits per heavy atom. The van der Waals surface area contributed by atoms with Crippen LogP contribution in [0.25, 0.3) is 0 Å². The maximum atomic E-state index is 13.7. The van der Waals surface area contributed by atoms with E-state index in [1.807, 2.05) is 38.1 Å². The summed E-state index contributed by atoms with van der Waals surface area (Å²) < 4.78 is 57.4. The summed E-state index contributed by atoms with van der Waals surface area (Å²) in [5.41, 5.74) is 1.87. The Labute approximate surface area is 398 Å². The van der Waals surface area contributed by atoms with Gasteiger partial charge in [0.2, 0.25) is 0 Å². The van der Waals surface area contributed by atoms with Gasteiger partial charge in [-0.3, -0.25) is 0 Å². The van der Waals surface area contributed by atoms with Crippen molar-refractivity contribution in [1.82, 2.24) is 0 Å². The highest BCUT2D eigenvalue weighted by Crippen LogP contribution is 2.39. The summed E-state index contributed by atoms with van der Waals surface area (Å²) in [5.74, 6) is -3.61. The monoisotopic (exact) mass is 954 g/mol. The summed E-state index contributed by atoms with van der Waals surface area (Å²) in [4.78, 5) is 23.2. The molecule has 7 nitrogen and oxygen atoms in total. The number of phenols is 1. The number of hydrogen-bond acceptors (Lipinski definition) is 6. The third kappa shape index (κ3) is 19.4. The van der Waals surface area contributed by atoms with Crippen LogP contribution in [0.15, 0.2) is 72.8 Å². The molecule has 66 heavy (non-hydrogen) atoms. The highest BCUT2D eigenvalue weighted by atomic mass is 35.5. The first kappa shape index (κ1) is 57.0. The fourth-order valence-electron chi connectivity index (χ4n) is 8.27. The first-order valence-electron chi connectivity index (χ1n) is 23.0. The number of hydrogen-bond donors (Lipinski definition) is 2. The first-order valence-corrected chi connectivity index (χ1v) is 24.1. The summed E-state index contributed by atoms with van der Waals surface area (Å²) >= 11 is 9.53. The Hall–Kier alpha value is -5.10. The quantitative estimate of drug-likeness (QED) is 0.0448. The molecule has 0 bridgehead atoms. The molecule has 2 saturated carbocycles. The van der Waals surface area contributed by atoms with Crippen molar-refractivity contribution in [2.45, 2.75) is 142 Å². The van der Waals surface area contributed by atoms with Crippen molar-refractivity contribution >= 4 is 35.1 Å². The zero-order valence-electron chi connectivity index (χ0n) is 38.5. The molecule has 0 spiro atoms. The molecular formula is C53H64Cl2F4N2O5. The number of benzene rings is 4. The number of unbranched alkanes of at least 4 members (excludes halogenated alkanes) is 4. The van der Waals surface area contributed by atoms with Crippen molar-refractivity contribution in [3.05, 3.63) is 129 Å². The van der Waals surface area contributed by atoms with Gasteiger partial charge in [-0.05, 0) is 110 Å². The van der Waals surface area contributed by atoms with Gasteiger partial charge in [0.05, 0.1) is 16.5 Å². The minimum absolute atomic E-state index is 0.194. The van der Waals surface area contributed by atoms with E-state index >= 15 is 0 Å². The molecule has 13 heteroatoms. The maximum Gasteiger partial charge on any atom is 0.343 e. The Balaban J connectivity index is 0.000000356. The minimum Gasteiger partial charge on any atom is -0.508 e. The Morgan fingerprint density at radius 1 is 0.621 bits per heavy atom. The molecule has 0 aromatic heterocycles. The smallest absolute Gasteiger partial charge is 0.343 e. The molecule has 0 aliphatic heterocycles. The van der Waals surface area contributed by atoms with E-state index in [0.717, 1.165) is 24.0 Å². The average molecular weight is 956 g/mol. The van der Waals surface area contributed by atoms with E-state index in [1.54, 1.807) is 24.3 Å². The fraction of sp³-hybridized carbons (Fsp3) is 0.472. The van der Waals surface area contributed by atoms with Gasteiger partial charge in [-0.2, -0.15) is 10.5 Å². The predicted octanol–water partition coefficient (Wildman–Crippen LogP) is 16.1. The number of aromatic carboxylic acids is 1. The number of esters is 1. The summed E-state index contributed by atoms with van der Waals surface area (Å²) in [7, 11) is 0. The molecule has 4 aromatic carbocycles. The van der Waals surface area contributed by atoms with Crippen molar-refractivity contribution < 1.29 is 42.1 Å². The van der Waals surface area contributed by atoms with Crippen LogP contribution in [0.1, 0.15) is 185 Å². The predicted molar refractivity (Wildman–Crippen MR) is 254 cm³/mol. The van der Waals surface area contributed by atoms with E-state index in [9.17, 15) is 27.2 Å². The van der Waals surface area contributed by atoms with Crippen LogP contribution in [-0.2, 0) is 0 Å². The molecule has 6 rings (SSSR count). The van der Waals surface area contributed by atoms with Crippen LogP contribution in [0.2, 0.25) is 0 Å². The zero-order valence-corrected chi connectivity index (χ0v) is 40.1. The molecule has 0 atom stereocenters. The van der Waals surface area contributed by atoms with Crippen LogP contribution < -0.4 is 4.74 Å². The Morgan fingerprint density at radius 2 is 0.970 bits per heavy atom. The van der Waals surface area contributed by atoms with E-state index in [-0.39, 0.29) is 11.1 Å². The van der Waals surface area contributed by atoms with Crippen molar-refractivity contribution in [2.75, 3.05) is 5.34 Å². The average Bonchev–Trinajstić information content (AvgIpc) is 3.31. The highest BCUT2D eigenvalue weighted by molar-refractivity contribution is 6.40. The van der Waals surface area contributed by atoms with Gasteiger partial charge in [0.25, 0.3) is 0 Å². The lowest BCUT2D eigenvalue weighted by Crippen LogP contribution is -2.14. The third-order valence-electron chi connectivity index (χ3n) is 11.8. The van der Waals surface area contributed by atoms with E-state index in [4.69, 9.17) is 48.7 Å². The van der Waals surface area contributed by atoms with Gasteiger partial charge in [-0.1, -0.05) is 103 Å². The number of carboxylic acid groups (broad SMARTS) is 1. The lowest BCUT2D eigenvalue weighted by Gasteiger charge is -2.29. The number of ether oxygens (including phenoxy) is 1. The van der Waals surface area contributed by atoms with Crippen LogP contribution in [0.5, 0.6) is 11.5 Å². The van der Waals surface area contributed by atoms with E-state index in [2.05, 4.69) is 13.8 Å². The zero-order chi connectivity index (χ0) is 49.0. The lowest BCUT2D eigenvalue weighted by molar-refractivity contribution is 0.0694. The number of nitriles is 2. The molecule has 0 saturated heterocycles. The van der Waals surface area contributed by atoms with Crippen molar-refractivity contribution in [1.29, 1.82) is 10.5 Å². The number of carbonyl (C=O) groups excluding carboxylic acids is 1. The van der Waals surface area contributed by atoms with E-state index < -0.39 is 52.1 Å². The number of carboxylic acids is 1. The van der Waals surface area contributed by atoms with Gasteiger partial charge in [-0.25, -0.2) is 27.2 Å². The molecule has 2 aliphatic rings. The second kappa shape index (κ2) is 31.8. The normalized spacial score (nSPS) is 17.2. The SMILES string of the molecule is CC.CCCCCC1CCC(c2ccc(C(=O)O)cc2)CC1.CCCCCC1CCC(c2ccc(C(=O)Oc3cc(F)c(C#N)c(F)c3)cc2)CC1.ClCCl.N#Cc1c(F)cc(O)cc1F. The van der Waals surface area contributed by atoms with E-state index in [1.165, 1.54) is 126 Å². The third-order valence-corrected chi connectivity index (χ3v) is 11.8. The van der Waals surface area contributed by atoms with Gasteiger partial charge in [0.1, 0.15) is 58.0 Å². The molecule has 0 unspecified atom stereocenters. The summed E-state index contributed by atoms with van der Waals surface area (Å²) in [5, 5.41) is 34.6. The fourth-order valence-corrected chi connectivity index (χ4v) is 8.27. The number of nitrogens with zero attached hydrogens (tertiary/aromatic N) is 2. The van der Waals surface area contributed by atoms with Crippen LogP contribution in [-0.4, -0.2) is 27.5 Å². The molecule has 2 N–H and O–H groups in total. The standard InChI is InChI=1S/C25H27F2NO2.C18H26O2.C7H3F2NO.C2H6.CH2Cl2/c1-2-3-4-5-17-6-8-18(9-7-17)19-10-12-20(13-11-19)25(29)30-21-14-23(26)22(16-28)24(27)15-21;1-2-3-4-5-14-6-8-15(9-7-14)16-10-12-17(13-11-16)18(19)20;8-6-1-4(11)2-7(9)5(6)3-10;1-2;2-1-3/h10-15,17-18H,2-9H2,1H3;10-15H,2-9H2,1H3,(H,19,20);1-2,11H;1-2H3;1H2. The van der Waals surface area contributed by atoms with Crippen LogP contribution in [0, 0.1) is 57.8 Å². The second-order valence-electron chi connectivity index (χ2n) is 16.2. The molecule has 358 valence electrons. The van der Waals surface area contributed by atoms with Crippen molar-refractivity contribution in [3.63, 3.8) is 0 Å². The Bertz CT molecular complexity index is 2100. The van der Waals surface area contributed by atoms with Crippen molar-refractivity contribution in [3.8, 4) is 23.6 Å². The number of halogens is 6. The molecule has 2 aliphatic carbocycles. The number of aromatic hydroxyl groups is 1. The summed E-state index contributed by atoms with van der Waals surface area (Å²) in [6.07, 6.45) is 20.8. The molecule has 4 aromatic rings. The van der Waals surface area contributed by atoms with Crippen LogP contribution >= 0.6 is 23.2 Å². The van der Waals surface area contributed by atoms with Crippen LogP contribution in [0.3, 0.4) is 0 Å². The van der Waals surface area contributed by atoms with Gasteiger partial charge in [-0.15, -0.1) is 23.2 Å². The highest BCUT2D eigenvalue weighted by Gasteiger charge is 2.24. The lowest BCUT2D eigenvalue weighted by atomic mass is 9.77. The topological polar surface area (TPSA) is 131 Å². The number of phenolic OH excluding ortho intramolecular Hbond substituents is 1. The summed E-state index contributed by atoms with van der Waals surface area (Å²) in [6, 6.07) is 20.6. The van der Waals surface area contributed by atoms with E-state index in [0.29, 0.717) is 35.1 Å². The second-order valence-corrected chi connectivity index (χ2v) is 17.0. The van der Waals surface area contributed by atoms with Gasteiger partial charge >= 0.3 is 11.9 Å². The number of rotatable bonds is 13. The molecule has 0 amide bonds. The minimum atomic E-state index is -1.05. The van der Waals surface area contributed by atoms with Gasteiger partial charge in [0.15, 0.2) is 0 Å². The number of carbonyl (C=O) groups is 2. The Kier molecular flexibility index (Phi) is 27.4. The number of alkyl halides is 2. The van der Waals surface area contributed by atoms with Gasteiger partial charge in [0, 0.05) is 24.3 Å².